The van der Waals surface area contributed by atoms with E-state index in [4.69, 9.17) is 16.3 Å². The van der Waals surface area contributed by atoms with Gasteiger partial charge in [0.2, 0.25) is 5.91 Å². The van der Waals surface area contributed by atoms with Gasteiger partial charge < -0.3 is 14.6 Å². The molecule has 0 saturated carbocycles. The van der Waals surface area contributed by atoms with Crippen LogP contribution in [0.4, 0.5) is 5.69 Å². The summed E-state index contributed by atoms with van der Waals surface area (Å²) in [5, 5.41) is 3.56. The van der Waals surface area contributed by atoms with Gasteiger partial charge in [0.15, 0.2) is 0 Å². The summed E-state index contributed by atoms with van der Waals surface area (Å²) in [4.78, 5) is 14.7. The molecule has 2 heterocycles. The highest BCUT2D eigenvalue weighted by Gasteiger charge is 2.25. The summed E-state index contributed by atoms with van der Waals surface area (Å²) < 4.78 is 7.55. The summed E-state index contributed by atoms with van der Waals surface area (Å²) in [5.74, 6) is 0.515. The minimum atomic E-state index is -0.0538. The summed E-state index contributed by atoms with van der Waals surface area (Å²) in [6, 6.07) is 7.94. The molecule has 6 heteroatoms. The molecule has 0 bridgehead atoms. The van der Waals surface area contributed by atoms with Crippen molar-refractivity contribution >= 4 is 23.2 Å². The van der Waals surface area contributed by atoms with Crippen molar-refractivity contribution in [3.05, 3.63) is 46.7 Å². The molecule has 0 spiro atoms. The number of rotatable bonds is 4. The van der Waals surface area contributed by atoms with Gasteiger partial charge in [-0.2, -0.15) is 0 Å². The second-order valence-corrected chi connectivity index (χ2v) is 6.53. The van der Waals surface area contributed by atoms with Gasteiger partial charge in [-0.1, -0.05) is 11.6 Å². The third kappa shape index (κ3) is 3.28. The fraction of sp³-hybridized carbons (Fsp3) is 0.389. The first-order valence-electron chi connectivity index (χ1n) is 8.02. The van der Waals surface area contributed by atoms with Crippen LogP contribution in [-0.4, -0.2) is 35.6 Å². The van der Waals surface area contributed by atoms with Crippen molar-refractivity contribution in [1.29, 1.82) is 0 Å². The second kappa shape index (κ2) is 6.87. The molecule has 1 aliphatic heterocycles. The largest absolute Gasteiger partial charge is 0.495 e. The minimum Gasteiger partial charge on any atom is -0.495 e. The number of aromatic nitrogens is 1. The highest BCUT2D eigenvalue weighted by molar-refractivity contribution is 6.31. The molecule has 0 fully saturated rings. The molecule has 5 nitrogen and oxygen atoms in total. The fourth-order valence-corrected chi connectivity index (χ4v) is 3.30. The van der Waals surface area contributed by atoms with E-state index in [-0.39, 0.29) is 11.9 Å². The Morgan fingerprint density at radius 2 is 2.21 bits per heavy atom. The quantitative estimate of drug-likeness (QED) is 0.921. The van der Waals surface area contributed by atoms with Gasteiger partial charge in [0.05, 0.1) is 19.3 Å². The first-order valence-corrected chi connectivity index (χ1v) is 8.40. The molecular weight excluding hydrogens is 326 g/mol. The van der Waals surface area contributed by atoms with Crippen molar-refractivity contribution in [3.63, 3.8) is 0 Å². The smallest absolute Gasteiger partial charge is 0.238 e. The molecule has 0 aliphatic carbocycles. The van der Waals surface area contributed by atoms with Crippen molar-refractivity contribution in [2.45, 2.75) is 26.4 Å². The Morgan fingerprint density at radius 1 is 1.42 bits per heavy atom. The number of halogens is 1. The van der Waals surface area contributed by atoms with Crippen LogP contribution in [0.2, 0.25) is 5.02 Å². The number of nitrogens with zero attached hydrogens (tertiary/aromatic N) is 2. The number of anilines is 1. The number of carbonyl (C=O) groups is 1. The van der Waals surface area contributed by atoms with Crippen molar-refractivity contribution in [3.8, 4) is 5.75 Å². The summed E-state index contributed by atoms with van der Waals surface area (Å²) in [7, 11) is 1.57. The van der Waals surface area contributed by atoms with Gasteiger partial charge in [-0.15, -0.1) is 0 Å². The zero-order valence-electron chi connectivity index (χ0n) is 14.2. The average Bonchev–Trinajstić information content (AvgIpc) is 3.03. The lowest BCUT2D eigenvalue weighted by atomic mass is 10.1. The number of hydrogen-bond acceptors (Lipinski definition) is 3. The normalized spacial score (nSPS) is 17.4. The standard InChI is InChI=1S/C18H22ClN3O2/c1-12-9-15(17(24-3)10-14(12)19)20-18(23)11-22-8-7-21-6-4-5-16(21)13(22)2/h4-6,9-10,13H,7-8,11H2,1-3H3,(H,20,23). The lowest BCUT2D eigenvalue weighted by Crippen LogP contribution is -2.41. The maximum Gasteiger partial charge on any atom is 0.238 e. The highest BCUT2D eigenvalue weighted by atomic mass is 35.5. The summed E-state index contributed by atoms with van der Waals surface area (Å²) in [5.41, 5.74) is 2.79. The number of methoxy groups -OCH3 is 1. The van der Waals surface area contributed by atoms with E-state index in [1.807, 2.05) is 13.0 Å². The van der Waals surface area contributed by atoms with E-state index >= 15 is 0 Å². The molecule has 1 aromatic heterocycles. The lowest BCUT2D eigenvalue weighted by Gasteiger charge is -2.34. The Bertz CT molecular complexity index is 757. The summed E-state index contributed by atoms with van der Waals surface area (Å²) in [6.07, 6.45) is 2.09. The molecule has 3 rings (SSSR count). The molecule has 1 amide bonds. The number of aryl methyl sites for hydroxylation is 1. The Morgan fingerprint density at radius 3 is 2.96 bits per heavy atom. The molecule has 24 heavy (non-hydrogen) atoms. The maximum atomic E-state index is 12.5. The van der Waals surface area contributed by atoms with Crippen molar-refractivity contribution in [2.75, 3.05) is 25.5 Å². The van der Waals surface area contributed by atoms with Crippen LogP contribution in [0.5, 0.6) is 5.75 Å². The van der Waals surface area contributed by atoms with Crippen LogP contribution < -0.4 is 10.1 Å². The molecule has 2 aromatic rings. The van der Waals surface area contributed by atoms with Crippen molar-refractivity contribution in [2.24, 2.45) is 0 Å². The molecule has 0 saturated heterocycles. The van der Waals surface area contributed by atoms with E-state index in [1.54, 1.807) is 13.2 Å². The number of hydrogen-bond donors (Lipinski definition) is 1. The second-order valence-electron chi connectivity index (χ2n) is 6.12. The van der Waals surface area contributed by atoms with E-state index in [0.717, 1.165) is 18.7 Å². The molecule has 1 aliphatic rings. The monoisotopic (exact) mass is 347 g/mol. The number of ether oxygens (including phenoxy) is 1. The van der Waals surface area contributed by atoms with Gasteiger partial charge in [-0.25, -0.2) is 0 Å². The van der Waals surface area contributed by atoms with Crippen molar-refractivity contribution < 1.29 is 9.53 Å². The molecule has 1 N–H and O–H groups in total. The highest BCUT2D eigenvalue weighted by Crippen LogP contribution is 2.31. The number of fused-ring (bicyclic) bond motifs is 1. The number of benzene rings is 1. The van der Waals surface area contributed by atoms with E-state index in [1.165, 1.54) is 5.69 Å². The van der Waals surface area contributed by atoms with E-state index < -0.39 is 0 Å². The molecule has 128 valence electrons. The molecule has 1 atom stereocenters. The maximum absolute atomic E-state index is 12.5. The first kappa shape index (κ1) is 16.9. The van der Waals surface area contributed by atoms with Crippen LogP contribution >= 0.6 is 11.6 Å². The predicted octanol–water partition coefficient (Wildman–Crippen LogP) is 3.47. The zero-order chi connectivity index (χ0) is 17.3. The topological polar surface area (TPSA) is 46.5 Å². The Labute approximate surface area is 147 Å². The fourth-order valence-electron chi connectivity index (χ4n) is 3.15. The summed E-state index contributed by atoms with van der Waals surface area (Å²) in [6.45, 7) is 6.14. The Kier molecular flexibility index (Phi) is 4.83. The third-order valence-corrected chi connectivity index (χ3v) is 4.98. The van der Waals surface area contributed by atoms with Crippen molar-refractivity contribution in [1.82, 2.24) is 9.47 Å². The Hall–Kier alpha value is -1.98. The van der Waals surface area contributed by atoms with Crippen LogP contribution in [-0.2, 0) is 11.3 Å². The predicted molar refractivity (Wildman–Crippen MR) is 95.8 cm³/mol. The molecule has 1 unspecified atom stereocenters. The SMILES string of the molecule is COc1cc(Cl)c(C)cc1NC(=O)CN1CCn2cccc2C1C. The van der Waals surface area contributed by atoms with Gasteiger partial charge in [-0.05, 0) is 37.6 Å². The van der Waals surface area contributed by atoms with Crippen LogP contribution in [0.3, 0.4) is 0 Å². The summed E-state index contributed by atoms with van der Waals surface area (Å²) >= 11 is 6.11. The molecule has 1 aromatic carbocycles. The first-order chi connectivity index (χ1) is 11.5. The van der Waals surface area contributed by atoms with Gasteiger partial charge in [-0.3, -0.25) is 9.69 Å². The van der Waals surface area contributed by atoms with Gasteiger partial charge in [0.25, 0.3) is 0 Å². The van der Waals surface area contributed by atoms with Gasteiger partial charge >= 0.3 is 0 Å². The minimum absolute atomic E-state index is 0.0538. The Balaban J connectivity index is 1.70. The van der Waals surface area contributed by atoms with Gasteiger partial charge in [0, 0.05) is 42.1 Å². The number of carbonyl (C=O) groups excluding carboxylic acids is 1. The average molecular weight is 348 g/mol. The number of nitrogens with one attached hydrogen (secondary N) is 1. The van der Waals surface area contributed by atoms with Crippen LogP contribution in [0.15, 0.2) is 30.5 Å². The lowest BCUT2D eigenvalue weighted by molar-refractivity contribution is -0.118. The van der Waals surface area contributed by atoms with Crippen LogP contribution in [0.25, 0.3) is 0 Å². The van der Waals surface area contributed by atoms with E-state index in [2.05, 4.69) is 40.0 Å². The van der Waals surface area contributed by atoms with Gasteiger partial charge in [0.1, 0.15) is 5.75 Å². The third-order valence-electron chi connectivity index (χ3n) is 4.57. The van der Waals surface area contributed by atoms with E-state index in [9.17, 15) is 4.79 Å². The molecule has 0 radical (unpaired) electrons. The van der Waals surface area contributed by atoms with Crippen LogP contribution in [0.1, 0.15) is 24.2 Å². The number of amides is 1. The van der Waals surface area contributed by atoms with E-state index in [0.29, 0.717) is 23.0 Å². The van der Waals surface area contributed by atoms with Crippen LogP contribution in [0, 0.1) is 6.92 Å². The zero-order valence-corrected chi connectivity index (χ0v) is 14.9. The molecular formula is C18H22ClN3O2.